The van der Waals surface area contributed by atoms with Crippen molar-refractivity contribution in [3.63, 3.8) is 0 Å². The number of sulfonamides is 1. The molecule has 9 heteroatoms. The first-order valence-corrected chi connectivity index (χ1v) is 11.5. The average Bonchev–Trinajstić information content (AvgIpc) is 2.79. The molecule has 0 atom stereocenters. The predicted octanol–water partition coefficient (Wildman–Crippen LogP) is 2.06. The number of hydrogen-bond donors (Lipinski definition) is 0. The molecule has 2 heterocycles. The van der Waals surface area contributed by atoms with Crippen molar-refractivity contribution in [3.05, 3.63) is 82.9 Å². The van der Waals surface area contributed by atoms with Crippen molar-refractivity contribution in [2.75, 3.05) is 32.7 Å². The first kappa shape index (κ1) is 21.4. The van der Waals surface area contributed by atoms with Crippen molar-refractivity contribution in [1.82, 2.24) is 19.0 Å². The fourth-order valence-electron chi connectivity index (χ4n) is 3.59. The summed E-state index contributed by atoms with van der Waals surface area (Å²) in [6.07, 6.45) is 0. The van der Waals surface area contributed by atoms with Gasteiger partial charge in [0.2, 0.25) is 10.0 Å². The molecule has 3 aromatic rings. The van der Waals surface area contributed by atoms with E-state index >= 15 is 0 Å². The van der Waals surface area contributed by atoms with E-state index in [9.17, 15) is 17.6 Å². The van der Waals surface area contributed by atoms with E-state index in [0.29, 0.717) is 26.2 Å². The number of halogens is 1. The standard InChI is InChI=1S/C22H23FN4O3S/c23-19-8-4-5-9-21(19)31(29,30)26-15-12-25(13-16-26)14-17-27-22(28)11-10-20(24-27)18-6-2-1-3-7-18/h1-11H,12-17H2. The van der Waals surface area contributed by atoms with E-state index in [1.54, 1.807) is 6.07 Å². The van der Waals surface area contributed by atoms with Gasteiger partial charge in [0.15, 0.2) is 0 Å². The lowest BCUT2D eigenvalue weighted by Crippen LogP contribution is -2.49. The number of piperazine rings is 1. The van der Waals surface area contributed by atoms with Crippen LogP contribution in [0.4, 0.5) is 4.39 Å². The highest BCUT2D eigenvalue weighted by Crippen LogP contribution is 2.20. The summed E-state index contributed by atoms with van der Waals surface area (Å²) in [4.78, 5) is 14.0. The maximum absolute atomic E-state index is 14.0. The lowest BCUT2D eigenvalue weighted by molar-refractivity contribution is 0.180. The third kappa shape index (κ3) is 4.73. The molecule has 0 amide bonds. The number of aromatic nitrogens is 2. The molecule has 0 N–H and O–H groups in total. The van der Waals surface area contributed by atoms with Gasteiger partial charge in [0.1, 0.15) is 10.7 Å². The Balaban J connectivity index is 1.38. The molecule has 0 aliphatic carbocycles. The molecule has 4 rings (SSSR count). The van der Waals surface area contributed by atoms with Gasteiger partial charge in [-0.3, -0.25) is 9.69 Å². The van der Waals surface area contributed by atoms with Gasteiger partial charge in [-0.2, -0.15) is 9.40 Å². The van der Waals surface area contributed by atoms with Crippen molar-refractivity contribution in [2.45, 2.75) is 11.4 Å². The van der Waals surface area contributed by atoms with Gasteiger partial charge in [-0.1, -0.05) is 42.5 Å². The van der Waals surface area contributed by atoms with Crippen LogP contribution in [0.1, 0.15) is 0 Å². The third-order valence-electron chi connectivity index (χ3n) is 5.35. The summed E-state index contributed by atoms with van der Waals surface area (Å²) in [7, 11) is -3.86. The lowest BCUT2D eigenvalue weighted by atomic mass is 10.1. The van der Waals surface area contributed by atoms with E-state index < -0.39 is 15.8 Å². The Hall–Kier alpha value is -2.88. The normalized spacial score (nSPS) is 15.8. The second-order valence-electron chi connectivity index (χ2n) is 7.32. The highest BCUT2D eigenvalue weighted by atomic mass is 32.2. The molecular formula is C22H23FN4O3S. The zero-order valence-electron chi connectivity index (χ0n) is 16.9. The summed E-state index contributed by atoms with van der Waals surface area (Å²) in [5.41, 5.74) is 1.48. The molecule has 1 aromatic heterocycles. The zero-order valence-corrected chi connectivity index (χ0v) is 17.7. The van der Waals surface area contributed by atoms with Gasteiger partial charge in [-0.15, -0.1) is 0 Å². The van der Waals surface area contributed by atoms with Gasteiger partial charge >= 0.3 is 0 Å². The van der Waals surface area contributed by atoms with Crippen LogP contribution < -0.4 is 5.56 Å². The average molecular weight is 443 g/mol. The summed E-state index contributed by atoms with van der Waals surface area (Å²) >= 11 is 0. The maximum Gasteiger partial charge on any atom is 0.266 e. The van der Waals surface area contributed by atoms with E-state index in [1.165, 1.54) is 33.3 Å². The predicted molar refractivity (Wildman–Crippen MR) is 116 cm³/mol. The van der Waals surface area contributed by atoms with Gasteiger partial charge in [0, 0.05) is 44.4 Å². The van der Waals surface area contributed by atoms with Gasteiger partial charge in [-0.25, -0.2) is 17.5 Å². The highest BCUT2D eigenvalue weighted by molar-refractivity contribution is 7.89. The summed E-state index contributed by atoms with van der Waals surface area (Å²) in [5, 5.41) is 4.46. The van der Waals surface area contributed by atoms with E-state index in [0.717, 1.165) is 17.3 Å². The van der Waals surface area contributed by atoms with Crippen LogP contribution in [-0.2, 0) is 16.6 Å². The number of benzene rings is 2. The lowest BCUT2D eigenvalue weighted by Gasteiger charge is -2.33. The fraction of sp³-hybridized carbons (Fsp3) is 0.273. The van der Waals surface area contributed by atoms with E-state index in [4.69, 9.17) is 0 Å². The van der Waals surface area contributed by atoms with Crippen LogP contribution in [0.2, 0.25) is 0 Å². The summed E-state index contributed by atoms with van der Waals surface area (Å²) in [6, 6.07) is 18.3. The molecule has 1 aliphatic heterocycles. The minimum absolute atomic E-state index is 0.180. The molecule has 0 unspecified atom stereocenters. The molecule has 0 radical (unpaired) electrons. The second kappa shape index (κ2) is 9.09. The molecule has 2 aromatic carbocycles. The molecule has 162 valence electrons. The molecule has 0 spiro atoms. The van der Waals surface area contributed by atoms with Crippen molar-refractivity contribution < 1.29 is 12.8 Å². The monoisotopic (exact) mass is 442 g/mol. The van der Waals surface area contributed by atoms with Crippen molar-refractivity contribution in [3.8, 4) is 11.3 Å². The van der Waals surface area contributed by atoms with E-state index in [-0.39, 0.29) is 23.5 Å². The highest BCUT2D eigenvalue weighted by Gasteiger charge is 2.30. The minimum Gasteiger partial charge on any atom is -0.299 e. The van der Waals surface area contributed by atoms with Gasteiger partial charge in [-0.05, 0) is 18.2 Å². The Morgan fingerprint density at radius 3 is 2.23 bits per heavy atom. The molecule has 31 heavy (non-hydrogen) atoms. The van der Waals surface area contributed by atoms with Crippen LogP contribution in [0.3, 0.4) is 0 Å². The zero-order chi connectivity index (χ0) is 21.8. The largest absolute Gasteiger partial charge is 0.299 e. The quantitative estimate of drug-likeness (QED) is 0.584. The Kier molecular flexibility index (Phi) is 6.26. The van der Waals surface area contributed by atoms with Crippen molar-refractivity contribution in [2.24, 2.45) is 0 Å². The van der Waals surface area contributed by atoms with Gasteiger partial charge < -0.3 is 0 Å². The first-order chi connectivity index (χ1) is 14.9. The topological polar surface area (TPSA) is 75.5 Å². The molecule has 0 bridgehead atoms. The van der Waals surface area contributed by atoms with Gasteiger partial charge in [0.25, 0.3) is 5.56 Å². The van der Waals surface area contributed by atoms with Crippen LogP contribution in [0.25, 0.3) is 11.3 Å². The number of hydrogen-bond acceptors (Lipinski definition) is 5. The molecular weight excluding hydrogens is 419 g/mol. The Morgan fingerprint density at radius 1 is 0.839 bits per heavy atom. The second-order valence-corrected chi connectivity index (χ2v) is 9.23. The van der Waals surface area contributed by atoms with Crippen LogP contribution >= 0.6 is 0 Å². The molecule has 0 saturated carbocycles. The molecule has 1 fully saturated rings. The van der Waals surface area contributed by atoms with Crippen LogP contribution in [-0.4, -0.2) is 60.1 Å². The fourth-order valence-corrected chi connectivity index (χ4v) is 5.08. The summed E-state index contributed by atoms with van der Waals surface area (Å²) in [6.45, 7) is 2.51. The smallest absolute Gasteiger partial charge is 0.266 e. The Bertz CT molecular complexity index is 1210. The maximum atomic E-state index is 14.0. The Morgan fingerprint density at radius 2 is 1.52 bits per heavy atom. The summed E-state index contributed by atoms with van der Waals surface area (Å²) < 4.78 is 42.2. The number of rotatable bonds is 6. The van der Waals surface area contributed by atoms with E-state index in [1.807, 2.05) is 30.3 Å². The van der Waals surface area contributed by atoms with Crippen LogP contribution in [0, 0.1) is 5.82 Å². The SMILES string of the molecule is O=c1ccc(-c2ccccc2)nn1CCN1CCN(S(=O)(=O)c2ccccc2F)CC1. The van der Waals surface area contributed by atoms with Crippen molar-refractivity contribution in [1.29, 1.82) is 0 Å². The number of nitrogens with zero attached hydrogens (tertiary/aromatic N) is 4. The van der Waals surface area contributed by atoms with Crippen molar-refractivity contribution >= 4 is 10.0 Å². The molecule has 1 aliphatic rings. The Labute approximate surface area is 180 Å². The van der Waals surface area contributed by atoms with Gasteiger partial charge in [0.05, 0.1) is 12.2 Å². The van der Waals surface area contributed by atoms with Crippen LogP contribution in [0.15, 0.2) is 76.4 Å². The first-order valence-electron chi connectivity index (χ1n) is 10.1. The minimum atomic E-state index is -3.86. The molecule has 7 nitrogen and oxygen atoms in total. The molecule has 1 saturated heterocycles. The van der Waals surface area contributed by atoms with E-state index in [2.05, 4.69) is 10.00 Å². The third-order valence-corrected chi connectivity index (χ3v) is 7.28. The summed E-state index contributed by atoms with van der Waals surface area (Å²) in [5.74, 6) is -0.742. The van der Waals surface area contributed by atoms with Crippen LogP contribution in [0.5, 0.6) is 0 Å².